The highest BCUT2D eigenvalue weighted by molar-refractivity contribution is 5.75. The fourth-order valence-electron chi connectivity index (χ4n) is 1.20. The van der Waals surface area contributed by atoms with Crippen LogP contribution < -0.4 is 0 Å². The summed E-state index contributed by atoms with van der Waals surface area (Å²) in [7, 11) is 0. The molecule has 0 N–H and O–H groups in total. The number of hydrogen-bond acceptors (Lipinski definition) is 4. The zero-order valence-electron chi connectivity index (χ0n) is 7.47. The molecule has 1 aromatic heterocycles. The third kappa shape index (κ3) is 1.39. The number of nitrogens with zero attached hydrogens (tertiary/aromatic N) is 3. The van der Waals surface area contributed by atoms with Crippen LogP contribution in [0.3, 0.4) is 0 Å². The monoisotopic (exact) mass is 189 g/mol. The van der Waals surface area contributed by atoms with Crippen LogP contribution in [0.5, 0.6) is 0 Å². The summed E-state index contributed by atoms with van der Waals surface area (Å²) in [6.45, 7) is 1.93. The number of hydrogen-bond donors (Lipinski definition) is 0. The van der Waals surface area contributed by atoms with Crippen LogP contribution in [0, 0.1) is 17.0 Å². The van der Waals surface area contributed by atoms with Crippen LogP contribution in [0.15, 0.2) is 24.4 Å². The molecule has 14 heavy (non-hydrogen) atoms. The van der Waals surface area contributed by atoms with Crippen molar-refractivity contribution in [3.63, 3.8) is 0 Å². The third-order valence-electron chi connectivity index (χ3n) is 1.87. The van der Waals surface area contributed by atoms with Crippen LogP contribution in [0.2, 0.25) is 0 Å². The van der Waals surface area contributed by atoms with Gasteiger partial charge in [-0.05, 0) is 34.5 Å². The molecule has 0 unspecified atom stereocenters. The van der Waals surface area contributed by atoms with Gasteiger partial charge in [0.2, 0.25) is 5.52 Å². The first-order valence-electron chi connectivity index (χ1n) is 4.04. The van der Waals surface area contributed by atoms with E-state index in [1.54, 1.807) is 6.07 Å². The molecule has 2 aromatic rings. The molecule has 0 spiro atoms. The van der Waals surface area contributed by atoms with E-state index in [-0.39, 0.29) is 5.82 Å². The molecule has 5 heteroatoms. The van der Waals surface area contributed by atoms with Gasteiger partial charge in [-0.3, -0.25) is 0 Å². The van der Waals surface area contributed by atoms with Gasteiger partial charge in [-0.15, -0.1) is 0 Å². The summed E-state index contributed by atoms with van der Waals surface area (Å²) in [6.07, 6.45) is 1.17. The highest BCUT2D eigenvalue weighted by atomic mass is 16.6. The van der Waals surface area contributed by atoms with Gasteiger partial charge in [0.05, 0.1) is 0 Å². The Morgan fingerprint density at radius 1 is 1.36 bits per heavy atom. The van der Waals surface area contributed by atoms with Crippen molar-refractivity contribution in [1.82, 2.24) is 9.97 Å². The van der Waals surface area contributed by atoms with Crippen molar-refractivity contribution in [2.75, 3.05) is 0 Å². The van der Waals surface area contributed by atoms with Crippen LogP contribution in [0.4, 0.5) is 5.82 Å². The van der Waals surface area contributed by atoms with Crippen LogP contribution in [-0.2, 0) is 0 Å². The summed E-state index contributed by atoms with van der Waals surface area (Å²) in [4.78, 5) is 17.7. The van der Waals surface area contributed by atoms with Gasteiger partial charge in [-0.25, -0.2) is 4.98 Å². The molecule has 70 valence electrons. The van der Waals surface area contributed by atoms with Gasteiger partial charge in [-0.1, -0.05) is 6.07 Å². The van der Waals surface area contributed by atoms with E-state index in [1.807, 2.05) is 19.1 Å². The van der Waals surface area contributed by atoms with Crippen molar-refractivity contribution >= 4 is 16.9 Å². The standard InChI is InChI=1S/C9H7N3O2/c1-6-2-3-7-8(4-6)10-5-9(11-7)12(13)14/h2-5H,1H3. The Balaban J connectivity index is 2.67. The quantitative estimate of drug-likeness (QED) is 0.507. The summed E-state index contributed by atoms with van der Waals surface area (Å²) < 4.78 is 0. The number of fused-ring (bicyclic) bond motifs is 1. The summed E-state index contributed by atoms with van der Waals surface area (Å²) in [5, 5.41) is 10.4. The Morgan fingerprint density at radius 2 is 2.14 bits per heavy atom. The lowest BCUT2D eigenvalue weighted by Gasteiger charge is -1.95. The molecule has 1 heterocycles. The van der Waals surface area contributed by atoms with Crippen molar-refractivity contribution in [2.24, 2.45) is 0 Å². The minimum atomic E-state index is -0.549. The molecule has 0 bridgehead atoms. The second-order valence-electron chi connectivity index (χ2n) is 2.98. The lowest BCUT2D eigenvalue weighted by atomic mass is 10.2. The Hall–Kier alpha value is -2.04. The van der Waals surface area contributed by atoms with E-state index in [9.17, 15) is 10.1 Å². The minimum absolute atomic E-state index is 0.221. The largest absolute Gasteiger partial charge is 0.382 e. The molecular weight excluding hydrogens is 182 g/mol. The maximum atomic E-state index is 10.4. The maximum absolute atomic E-state index is 10.4. The minimum Gasteiger partial charge on any atom is -0.358 e. The number of nitro groups is 1. The summed E-state index contributed by atoms with van der Waals surface area (Å²) in [6, 6.07) is 5.41. The highest BCUT2D eigenvalue weighted by Gasteiger charge is 2.09. The zero-order chi connectivity index (χ0) is 10.1. The van der Waals surface area contributed by atoms with Gasteiger partial charge >= 0.3 is 5.82 Å². The number of rotatable bonds is 1. The summed E-state index contributed by atoms with van der Waals surface area (Å²) >= 11 is 0. The molecule has 0 atom stereocenters. The van der Waals surface area contributed by atoms with Gasteiger partial charge in [0.1, 0.15) is 11.7 Å². The van der Waals surface area contributed by atoms with Crippen molar-refractivity contribution in [3.05, 3.63) is 40.1 Å². The second kappa shape index (κ2) is 3.02. The van der Waals surface area contributed by atoms with Gasteiger partial charge in [0.15, 0.2) is 0 Å². The predicted octanol–water partition coefficient (Wildman–Crippen LogP) is 1.85. The third-order valence-corrected chi connectivity index (χ3v) is 1.87. The van der Waals surface area contributed by atoms with Crippen LogP contribution >= 0.6 is 0 Å². The number of benzene rings is 1. The van der Waals surface area contributed by atoms with Gasteiger partial charge in [0, 0.05) is 0 Å². The smallest absolute Gasteiger partial charge is 0.358 e. The molecule has 5 nitrogen and oxygen atoms in total. The average Bonchev–Trinajstić information content (AvgIpc) is 2.16. The molecule has 0 aliphatic carbocycles. The van der Waals surface area contributed by atoms with Gasteiger partial charge in [0.25, 0.3) is 0 Å². The molecule has 0 aliphatic rings. The molecule has 0 saturated carbocycles. The van der Waals surface area contributed by atoms with E-state index in [0.29, 0.717) is 11.0 Å². The Kier molecular flexibility index (Phi) is 1.85. The number of aryl methyl sites for hydroxylation is 1. The lowest BCUT2D eigenvalue weighted by Crippen LogP contribution is -1.94. The van der Waals surface area contributed by atoms with Gasteiger partial charge < -0.3 is 10.1 Å². The van der Waals surface area contributed by atoms with E-state index in [4.69, 9.17) is 0 Å². The molecule has 0 radical (unpaired) electrons. The number of aromatic nitrogens is 2. The Bertz CT molecular complexity index is 510. The molecule has 0 saturated heterocycles. The lowest BCUT2D eigenvalue weighted by molar-refractivity contribution is -0.389. The van der Waals surface area contributed by atoms with Crippen molar-refractivity contribution in [2.45, 2.75) is 6.92 Å². The normalized spacial score (nSPS) is 10.4. The Labute approximate surface area is 79.6 Å². The van der Waals surface area contributed by atoms with E-state index in [2.05, 4.69) is 9.97 Å². The van der Waals surface area contributed by atoms with Gasteiger partial charge in [-0.2, -0.15) is 0 Å². The predicted molar refractivity (Wildman–Crippen MR) is 50.9 cm³/mol. The SMILES string of the molecule is Cc1ccc2nc([N+](=O)[O-])cnc2c1. The fraction of sp³-hybridized carbons (Fsp3) is 0.111. The van der Waals surface area contributed by atoms with Crippen molar-refractivity contribution < 1.29 is 4.92 Å². The van der Waals surface area contributed by atoms with Crippen LogP contribution in [0.25, 0.3) is 11.0 Å². The average molecular weight is 189 g/mol. The topological polar surface area (TPSA) is 68.9 Å². The first kappa shape index (κ1) is 8.55. The van der Waals surface area contributed by atoms with Crippen LogP contribution in [-0.4, -0.2) is 14.9 Å². The summed E-state index contributed by atoms with van der Waals surface area (Å²) in [5.74, 6) is -0.221. The summed E-state index contributed by atoms with van der Waals surface area (Å²) in [5.41, 5.74) is 2.28. The molecule has 1 aromatic carbocycles. The van der Waals surface area contributed by atoms with Crippen molar-refractivity contribution in [3.8, 4) is 0 Å². The fourth-order valence-corrected chi connectivity index (χ4v) is 1.20. The van der Waals surface area contributed by atoms with Crippen molar-refractivity contribution in [1.29, 1.82) is 0 Å². The molecule has 2 rings (SSSR count). The highest BCUT2D eigenvalue weighted by Crippen LogP contribution is 2.14. The van der Waals surface area contributed by atoms with E-state index < -0.39 is 4.92 Å². The second-order valence-corrected chi connectivity index (χ2v) is 2.98. The molecule has 0 fully saturated rings. The molecule has 0 aliphatic heterocycles. The first-order chi connectivity index (χ1) is 6.66. The van der Waals surface area contributed by atoms with E-state index in [0.717, 1.165) is 5.56 Å². The Morgan fingerprint density at radius 3 is 2.86 bits per heavy atom. The molecular formula is C9H7N3O2. The maximum Gasteiger partial charge on any atom is 0.382 e. The van der Waals surface area contributed by atoms with Crippen LogP contribution in [0.1, 0.15) is 5.56 Å². The van der Waals surface area contributed by atoms with E-state index in [1.165, 1.54) is 6.20 Å². The first-order valence-corrected chi connectivity index (χ1v) is 4.04. The zero-order valence-corrected chi connectivity index (χ0v) is 7.47. The molecule has 0 amide bonds. The van der Waals surface area contributed by atoms with E-state index >= 15 is 0 Å².